The number of carbonyl (C=O) groups excluding carboxylic acids is 3. The van der Waals surface area contributed by atoms with Gasteiger partial charge in [-0.1, -0.05) is 44.7 Å². The number of alkyl carbamates (subject to hydrolysis) is 1. The molecule has 1 N–H and O–H groups in total. The van der Waals surface area contributed by atoms with E-state index in [1.165, 1.54) is 26.5 Å². The smallest absolute Gasteiger partial charge is 0.399 e. The van der Waals surface area contributed by atoms with Crippen LogP contribution in [0.5, 0.6) is 0 Å². The maximum absolute atomic E-state index is 12.9. The predicted octanol–water partition coefficient (Wildman–Crippen LogP) is 5.21. The Bertz CT molecular complexity index is 1150. The van der Waals surface area contributed by atoms with Crippen LogP contribution < -0.4 is 10.2 Å². The molecule has 5 rings (SSSR count). The summed E-state index contributed by atoms with van der Waals surface area (Å²) in [5.74, 6) is 0.967. The molecule has 3 aliphatic rings. The number of anilines is 1. The number of imide groups is 1. The number of carbonyl (C=O) groups is 3. The molecule has 1 aliphatic carbocycles. The predicted molar refractivity (Wildman–Crippen MR) is 163 cm³/mol. The maximum atomic E-state index is 12.9. The van der Waals surface area contributed by atoms with Crippen molar-refractivity contribution in [3.05, 3.63) is 31.7 Å². The van der Waals surface area contributed by atoms with Gasteiger partial charge in [0.25, 0.3) is 0 Å². The number of quaternary nitrogens is 1. The summed E-state index contributed by atoms with van der Waals surface area (Å²) in [6.07, 6.45) is 8.26. The van der Waals surface area contributed by atoms with Gasteiger partial charge in [-0.05, 0) is 55.8 Å². The zero-order valence-electron chi connectivity index (χ0n) is 24.8. The molecule has 2 atom stereocenters. The summed E-state index contributed by atoms with van der Waals surface area (Å²) >= 11 is 1.54. The van der Waals surface area contributed by atoms with Crippen molar-refractivity contribution >= 4 is 45.3 Å². The summed E-state index contributed by atoms with van der Waals surface area (Å²) in [5, 5.41) is 4.08. The fourth-order valence-electron chi connectivity index (χ4n) is 6.60. The van der Waals surface area contributed by atoms with Crippen LogP contribution in [0.1, 0.15) is 64.7 Å². The highest BCUT2D eigenvalue weighted by molar-refractivity contribution is 7.13. The minimum Gasteiger partial charge on any atom is -0.399 e. The van der Waals surface area contributed by atoms with Crippen LogP contribution in [0.15, 0.2) is 24.3 Å². The molecule has 2 aromatic rings. The normalized spacial score (nSPS) is 22.0. The second-order valence-electron chi connectivity index (χ2n) is 11.7. The van der Waals surface area contributed by atoms with Crippen LogP contribution in [0, 0.1) is 19.3 Å². The minimum absolute atomic E-state index is 0. The first kappa shape index (κ1) is 31.2. The molecule has 41 heavy (non-hydrogen) atoms. The Balaban J connectivity index is 0.00000387. The average Bonchev–Trinajstić information content (AvgIpc) is 3.52. The Morgan fingerprint density at radius 1 is 1.05 bits per heavy atom. The van der Waals surface area contributed by atoms with E-state index in [-0.39, 0.29) is 37.2 Å². The van der Waals surface area contributed by atoms with Crippen molar-refractivity contribution in [2.45, 2.75) is 64.7 Å². The molecule has 0 spiro atoms. The highest BCUT2D eigenvalue weighted by atomic mass is 32.1. The molecule has 2 saturated heterocycles. The van der Waals surface area contributed by atoms with Crippen molar-refractivity contribution < 1.29 is 23.6 Å². The van der Waals surface area contributed by atoms with Gasteiger partial charge >= 0.3 is 6.09 Å². The second kappa shape index (κ2) is 14.4. The molecule has 3 heterocycles. The summed E-state index contributed by atoms with van der Waals surface area (Å²) in [5.41, 5.74) is 0. The highest BCUT2D eigenvalue weighted by Gasteiger charge is 2.47. The van der Waals surface area contributed by atoms with Gasteiger partial charge in [-0.3, -0.25) is 19.0 Å². The Labute approximate surface area is 248 Å². The van der Waals surface area contributed by atoms with Gasteiger partial charge in [0, 0.05) is 18.5 Å². The molecule has 10 heteroatoms. The Morgan fingerprint density at radius 3 is 2.46 bits per heavy atom. The van der Waals surface area contributed by atoms with Gasteiger partial charge in [0.2, 0.25) is 18.5 Å². The number of rotatable bonds is 12. The van der Waals surface area contributed by atoms with E-state index in [2.05, 4.69) is 35.3 Å². The van der Waals surface area contributed by atoms with Crippen molar-refractivity contribution in [2.75, 3.05) is 57.4 Å². The number of fused-ring (bicyclic) bond motifs is 2. The minimum atomic E-state index is -0.350. The number of unbranched alkanes of at least 4 members (excludes halogenated alkanes) is 3. The van der Waals surface area contributed by atoms with Crippen molar-refractivity contribution in [1.82, 2.24) is 14.6 Å². The van der Waals surface area contributed by atoms with Crippen molar-refractivity contribution in [2.24, 2.45) is 11.8 Å². The van der Waals surface area contributed by atoms with Gasteiger partial charge in [0.15, 0.2) is 5.82 Å². The quantitative estimate of drug-likeness (QED) is 0.159. The van der Waals surface area contributed by atoms with Crippen LogP contribution in [-0.2, 0) is 14.3 Å². The molecule has 2 aliphatic heterocycles. The number of nitrogens with zero attached hydrogens (tertiary/aromatic N) is 4. The molecule has 3 amide bonds. The van der Waals surface area contributed by atoms with Crippen LogP contribution in [0.4, 0.5) is 10.6 Å². The molecule has 1 aromatic heterocycles. The number of nitrogens with one attached hydrogen (secondary N) is 1. The van der Waals surface area contributed by atoms with Gasteiger partial charge in [-0.15, -0.1) is 0 Å². The summed E-state index contributed by atoms with van der Waals surface area (Å²) in [7, 11) is 0. The molecular weight excluding hydrogens is 538 g/mol. The lowest BCUT2D eigenvalue weighted by atomic mass is 9.81. The van der Waals surface area contributed by atoms with Crippen LogP contribution in [-0.4, -0.2) is 84.2 Å². The van der Waals surface area contributed by atoms with Gasteiger partial charge in [-0.25, -0.2) is 4.79 Å². The maximum Gasteiger partial charge on any atom is 0.411 e. The van der Waals surface area contributed by atoms with Gasteiger partial charge in [0.05, 0.1) is 49.3 Å². The van der Waals surface area contributed by atoms with Crippen molar-refractivity contribution in [1.29, 1.82) is 0 Å². The lowest BCUT2D eigenvalue weighted by molar-refractivity contribution is -0.944. The molecule has 0 bridgehead atoms. The zero-order valence-corrected chi connectivity index (χ0v) is 25.6. The van der Waals surface area contributed by atoms with Gasteiger partial charge < -0.3 is 22.4 Å². The lowest BCUT2D eigenvalue weighted by Crippen LogP contribution is -2.61. The van der Waals surface area contributed by atoms with Crippen LogP contribution in [0.25, 0.3) is 10.1 Å². The van der Waals surface area contributed by atoms with E-state index >= 15 is 0 Å². The van der Waals surface area contributed by atoms with E-state index in [4.69, 9.17) is 9.11 Å². The summed E-state index contributed by atoms with van der Waals surface area (Å²) < 4.78 is 12.4. The average molecular weight is 586 g/mol. The molecule has 2 unspecified atom stereocenters. The van der Waals surface area contributed by atoms with Crippen LogP contribution in [0.3, 0.4) is 0 Å². The summed E-state index contributed by atoms with van der Waals surface area (Å²) in [6, 6.07) is 8.35. The molecule has 0 radical (unpaired) electrons. The summed E-state index contributed by atoms with van der Waals surface area (Å²) in [4.78, 5) is 42.1. The first-order chi connectivity index (χ1) is 19.5. The molecule has 9 nitrogen and oxygen atoms in total. The number of piperazine rings is 1. The molecule has 1 saturated carbocycles. The first-order valence-electron chi connectivity index (χ1n) is 15.2. The standard InChI is InChI=1S/C30H43N5O4S.CH3/c1-2-3-8-15-31-30(38)39-22-35(19-10-9-16-34-28(36)23-11-4-5-12-24(23)29(34)37)20-17-33(18-21-35)27-25-13-6-7-14-26(25)40-32-27;/h6-7,13-14,23-24H,2-5,8-12,15-22H2,1H3;1H3/q;-1/p+1. The highest BCUT2D eigenvalue weighted by Crippen LogP contribution is 2.38. The lowest BCUT2D eigenvalue weighted by Gasteiger charge is -2.44. The number of ether oxygens (including phenoxy) is 1. The van der Waals surface area contributed by atoms with E-state index in [1.54, 1.807) is 0 Å². The monoisotopic (exact) mass is 585 g/mol. The number of likely N-dealkylation sites (tertiary alicyclic amines) is 1. The number of aromatic nitrogens is 1. The van der Waals surface area contributed by atoms with Gasteiger partial charge in [-0.2, -0.15) is 4.37 Å². The first-order valence-corrected chi connectivity index (χ1v) is 16.0. The van der Waals surface area contributed by atoms with E-state index in [0.717, 1.165) is 96.3 Å². The Hall–Kier alpha value is -2.72. The Kier molecular flexibility index (Phi) is 11.0. The Morgan fingerprint density at radius 2 is 1.76 bits per heavy atom. The second-order valence-corrected chi connectivity index (χ2v) is 12.5. The number of hydrogen-bond donors (Lipinski definition) is 1. The van der Waals surface area contributed by atoms with Crippen LogP contribution in [0.2, 0.25) is 0 Å². The van der Waals surface area contributed by atoms with E-state index < -0.39 is 0 Å². The summed E-state index contributed by atoms with van der Waals surface area (Å²) in [6.45, 7) is 7.82. The van der Waals surface area contributed by atoms with E-state index in [1.807, 2.05) is 6.07 Å². The fourth-order valence-corrected chi connectivity index (χ4v) is 7.40. The SMILES string of the molecule is CCCCCNC(=O)OC[N+]1(CCCCN2C(=O)C3CCCCC3C2=O)CCN(c2nsc3ccccc23)CC1.[CH3-]. The zero-order chi connectivity index (χ0) is 28.0. The largest absolute Gasteiger partial charge is 0.411 e. The van der Waals surface area contributed by atoms with Crippen molar-refractivity contribution in [3.8, 4) is 0 Å². The fraction of sp³-hybridized carbons (Fsp3) is 0.645. The van der Waals surface area contributed by atoms with E-state index in [9.17, 15) is 14.4 Å². The molecule has 1 aromatic carbocycles. The van der Waals surface area contributed by atoms with Gasteiger partial charge in [0.1, 0.15) is 0 Å². The van der Waals surface area contributed by atoms with Crippen molar-refractivity contribution in [3.63, 3.8) is 0 Å². The van der Waals surface area contributed by atoms with Crippen LogP contribution >= 0.6 is 11.5 Å². The molecular formula is C31H47N5O4S. The number of benzene rings is 1. The van der Waals surface area contributed by atoms with E-state index in [0.29, 0.717) is 24.3 Å². The topological polar surface area (TPSA) is 91.8 Å². The third-order valence-corrected chi connectivity index (χ3v) is 9.88. The molecule has 3 fully saturated rings. The third kappa shape index (κ3) is 7.20. The number of amides is 3. The number of hydrogen-bond acceptors (Lipinski definition) is 7. The third-order valence-electron chi connectivity index (χ3n) is 9.06. The molecule has 226 valence electrons.